The number of aromatic amines is 1. The number of fused-ring (bicyclic) bond motifs is 1. The second-order valence-electron chi connectivity index (χ2n) is 6.20. The highest BCUT2D eigenvalue weighted by Crippen LogP contribution is 2.28. The molecule has 146 valence electrons. The summed E-state index contributed by atoms with van der Waals surface area (Å²) >= 11 is 0. The minimum absolute atomic E-state index is 0.0282. The van der Waals surface area contributed by atoms with E-state index in [1.165, 1.54) is 31.5 Å². The van der Waals surface area contributed by atoms with Crippen LogP contribution in [0.25, 0.3) is 10.9 Å². The third-order valence-electron chi connectivity index (χ3n) is 4.32. The van der Waals surface area contributed by atoms with Crippen LogP contribution in [0.4, 0.5) is 17.6 Å². The van der Waals surface area contributed by atoms with E-state index in [2.05, 4.69) is 15.3 Å². The van der Waals surface area contributed by atoms with Crippen molar-refractivity contribution in [3.05, 3.63) is 75.3 Å². The maximum Gasteiger partial charge on any atom is 0.265 e. The molecule has 0 spiro atoms. The number of nitrogens with one attached hydrogen (secondary N) is 2. The largest absolute Gasteiger partial charge is 0.349 e. The number of rotatable bonds is 5. The molecule has 0 saturated heterocycles. The summed E-state index contributed by atoms with van der Waals surface area (Å²) in [5, 5.41) is 2.47. The Balaban J connectivity index is 1.90. The highest BCUT2D eigenvalue weighted by Gasteiger charge is 2.23. The van der Waals surface area contributed by atoms with Crippen molar-refractivity contribution in [1.29, 1.82) is 0 Å². The van der Waals surface area contributed by atoms with Gasteiger partial charge in [0.25, 0.3) is 12.0 Å². The third-order valence-corrected chi connectivity index (χ3v) is 4.32. The number of pyridine rings is 2. The smallest absolute Gasteiger partial charge is 0.265 e. The molecule has 0 unspecified atom stereocenters. The third kappa shape index (κ3) is 3.88. The Kier molecular flexibility index (Phi) is 5.43. The van der Waals surface area contributed by atoms with Crippen molar-refractivity contribution in [1.82, 2.24) is 15.3 Å². The number of hydrogen-bond acceptors (Lipinski definition) is 3. The zero-order valence-corrected chi connectivity index (χ0v) is 14.6. The minimum Gasteiger partial charge on any atom is -0.349 e. The number of alkyl halides is 2. The van der Waals surface area contributed by atoms with E-state index in [9.17, 15) is 27.2 Å². The molecule has 1 atom stereocenters. The number of aromatic nitrogens is 2. The van der Waals surface area contributed by atoms with Gasteiger partial charge in [-0.05, 0) is 19.1 Å². The van der Waals surface area contributed by atoms with E-state index < -0.39 is 47.6 Å². The number of amides is 1. The van der Waals surface area contributed by atoms with E-state index in [4.69, 9.17) is 0 Å². The van der Waals surface area contributed by atoms with Crippen molar-refractivity contribution in [3.8, 4) is 0 Å². The van der Waals surface area contributed by atoms with E-state index in [0.29, 0.717) is 6.07 Å². The number of halogens is 4. The average Bonchev–Trinajstić information content (AvgIpc) is 2.61. The second-order valence-corrected chi connectivity index (χ2v) is 6.20. The number of H-pyrrole nitrogens is 1. The molecular formula is C19H15F4N3O2. The number of nitrogens with zero attached hydrogens (tertiary/aromatic N) is 1. The predicted octanol–water partition coefficient (Wildman–Crippen LogP) is 3.56. The zero-order chi connectivity index (χ0) is 20.4. The van der Waals surface area contributed by atoms with E-state index in [1.54, 1.807) is 0 Å². The van der Waals surface area contributed by atoms with Crippen molar-refractivity contribution >= 4 is 16.8 Å². The number of carbonyl (C=O) groups excluding carboxylic acids is 1. The molecule has 1 amide bonds. The van der Waals surface area contributed by atoms with Gasteiger partial charge < -0.3 is 10.3 Å². The topological polar surface area (TPSA) is 74.8 Å². The predicted molar refractivity (Wildman–Crippen MR) is 93.9 cm³/mol. The fraction of sp³-hybridized carbons (Fsp3) is 0.211. The molecule has 0 saturated carbocycles. The Morgan fingerprint density at radius 1 is 1.25 bits per heavy atom. The Hall–Kier alpha value is -3.23. The molecule has 0 aliphatic carbocycles. The van der Waals surface area contributed by atoms with Crippen LogP contribution in [0.1, 0.15) is 36.1 Å². The first-order chi connectivity index (χ1) is 13.3. The summed E-state index contributed by atoms with van der Waals surface area (Å²) in [6, 6.07) is 3.41. The molecule has 0 aliphatic rings. The van der Waals surface area contributed by atoms with Crippen molar-refractivity contribution in [3.63, 3.8) is 0 Å². The molecule has 5 nitrogen and oxygen atoms in total. The second kappa shape index (κ2) is 7.79. The van der Waals surface area contributed by atoms with Gasteiger partial charge in [-0.2, -0.15) is 0 Å². The van der Waals surface area contributed by atoms with E-state index in [1.807, 2.05) is 0 Å². The van der Waals surface area contributed by atoms with Gasteiger partial charge in [-0.15, -0.1) is 0 Å². The van der Waals surface area contributed by atoms with Gasteiger partial charge >= 0.3 is 0 Å². The number of hydrogen-bond donors (Lipinski definition) is 2. The minimum atomic E-state index is -3.00. The van der Waals surface area contributed by atoms with Crippen molar-refractivity contribution in [2.24, 2.45) is 0 Å². The Labute approximate surface area is 156 Å². The van der Waals surface area contributed by atoms with Crippen LogP contribution in [0.2, 0.25) is 0 Å². The molecule has 1 aromatic carbocycles. The maximum atomic E-state index is 13.8. The van der Waals surface area contributed by atoms with Gasteiger partial charge in [-0.25, -0.2) is 17.6 Å². The molecule has 2 N–H and O–H groups in total. The molecule has 28 heavy (non-hydrogen) atoms. The summed E-state index contributed by atoms with van der Waals surface area (Å²) in [7, 11) is 0. The van der Waals surface area contributed by atoms with Crippen LogP contribution < -0.4 is 10.9 Å². The van der Waals surface area contributed by atoms with E-state index in [0.717, 1.165) is 6.07 Å². The van der Waals surface area contributed by atoms with Gasteiger partial charge in [0.1, 0.15) is 11.6 Å². The van der Waals surface area contributed by atoms with Crippen LogP contribution in [0.15, 0.2) is 41.5 Å². The average molecular weight is 393 g/mol. The Bertz CT molecular complexity index is 1100. The van der Waals surface area contributed by atoms with Crippen molar-refractivity contribution in [2.75, 3.05) is 0 Å². The maximum absolute atomic E-state index is 13.8. The van der Waals surface area contributed by atoms with Gasteiger partial charge in [0.2, 0.25) is 5.91 Å². The molecule has 0 radical (unpaired) electrons. The van der Waals surface area contributed by atoms with Crippen LogP contribution in [-0.4, -0.2) is 15.9 Å². The highest BCUT2D eigenvalue weighted by molar-refractivity contribution is 5.85. The van der Waals surface area contributed by atoms with Gasteiger partial charge in [0, 0.05) is 40.5 Å². The normalized spacial score (nSPS) is 12.4. The molecule has 0 bridgehead atoms. The van der Waals surface area contributed by atoms with Crippen molar-refractivity contribution < 1.29 is 22.4 Å². The molecule has 0 aliphatic heterocycles. The summed E-state index contributed by atoms with van der Waals surface area (Å²) in [6.45, 7) is 1.46. The SMILES string of the molecule is C[C@H](NC(=O)Cc1c(C(F)F)c2cnccc2[nH]c1=O)c1ccc(F)cc1F. The molecule has 9 heteroatoms. The first-order valence-corrected chi connectivity index (χ1v) is 8.29. The number of carbonyl (C=O) groups is 1. The fourth-order valence-corrected chi connectivity index (χ4v) is 3.01. The van der Waals surface area contributed by atoms with Gasteiger partial charge in [0.15, 0.2) is 0 Å². The first kappa shape index (κ1) is 19.5. The molecule has 2 aromatic heterocycles. The van der Waals surface area contributed by atoms with Crippen LogP contribution in [-0.2, 0) is 11.2 Å². The lowest BCUT2D eigenvalue weighted by atomic mass is 10.0. The summed E-state index contributed by atoms with van der Waals surface area (Å²) < 4.78 is 54.1. The first-order valence-electron chi connectivity index (χ1n) is 8.29. The highest BCUT2D eigenvalue weighted by atomic mass is 19.3. The van der Waals surface area contributed by atoms with E-state index in [-0.39, 0.29) is 22.0 Å². The fourth-order valence-electron chi connectivity index (χ4n) is 3.01. The quantitative estimate of drug-likeness (QED) is 0.651. The molecule has 3 rings (SSSR count). The van der Waals surface area contributed by atoms with Crippen LogP contribution in [0, 0.1) is 11.6 Å². The summed E-state index contributed by atoms with van der Waals surface area (Å²) in [6.07, 6.45) is -1.10. The lowest BCUT2D eigenvalue weighted by Crippen LogP contribution is -2.31. The van der Waals surface area contributed by atoms with Crippen LogP contribution in [0.5, 0.6) is 0 Å². The van der Waals surface area contributed by atoms with Gasteiger partial charge in [0.05, 0.1) is 18.0 Å². The Morgan fingerprint density at radius 2 is 2.00 bits per heavy atom. The molecular weight excluding hydrogens is 378 g/mol. The monoisotopic (exact) mass is 393 g/mol. The lowest BCUT2D eigenvalue weighted by Gasteiger charge is -2.16. The molecule has 0 fully saturated rings. The summed E-state index contributed by atoms with van der Waals surface area (Å²) in [5.74, 6) is -2.37. The summed E-state index contributed by atoms with van der Waals surface area (Å²) in [4.78, 5) is 30.8. The molecule has 3 aromatic rings. The van der Waals surface area contributed by atoms with Crippen LogP contribution in [0.3, 0.4) is 0 Å². The zero-order valence-electron chi connectivity index (χ0n) is 14.6. The Morgan fingerprint density at radius 3 is 2.68 bits per heavy atom. The van der Waals surface area contributed by atoms with E-state index >= 15 is 0 Å². The van der Waals surface area contributed by atoms with Gasteiger partial charge in [-0.3, -0.25) is 14.6 Å². The summed E-state index contributed by atoms with van der Waals surface area (Å²) in [5.41, 5.74) is -1.56. The lowest BCUT2D eigenvalue weighted by molar-refractivity contribution is -0.121. The standard InChI is InChI=1S/C19H15F4N3O2/c1-9(11-3-2-10(20)6-14(11)21)25-16(27)7-12-17(18(22)23)13-8-24-5-4-15(13)26-19(12)28/h2-6,8-9,18H,7H2,1H3,(H,25,27)(H,26,28)/t9-/m0/s1. The number of benzene rings is 1. The van der Waals surface area contributed by atoms with Crippen LogP contribution >= 0.6 is 0 Å². The van der Waals surface area contributed by atoms with Crippen molar-refractivity contribution in [2.45, 2.75) is 25.8 Å². The van der Waals surface area contributed by atoms with Gasteiger partial charge in [-0.1, -0.05) is 6.07 Å². The molecule has 2 heterocycles.